The minimum absolute atomic E-state index is 0. The normalized spacial score (nSPS) is 12.4. The Hall–Kier alpha value is 0.201. The molecule has 0 aromatic carbocycles. The molecule has 84 valence electrons. The Morgan fingerprint density at radius 3 is 2.00 bits per heavy atom. The molecule has 0 saturated heterocycles. The molecule has 0 spiro atoms. The maximum atomic E-state index is 10.5. The Labute approximate surface area is 129 Å². The quantitative estimate of drug-likeness (QED) is 0.332. The summed E-state index contributed by atoms with van der Waals surface area (Å²) in [5, 5.41) is 29.5. The van der Waals surface area contributed by atoms with Gasteiger partial charge >= 0.3 is 45.1 Å². The Kier molecular flexibility index (Phi) is 12.4. The first-order valence-electron chi connectivity index (χ1n) is 3.28. The fraction of sp³-hybridized carbons (Fsp3) is 0.500. The summed E-state index contributed by atoms with van der Waals surface area (Å²) in [4.78, 5) is 30.9. The van der Waals surface area contributed by atoms with E-state index in [1.807, 2.05) is 0 Å². The predicted molar refractivity (Wildman–Crippen MR) is 44.5 cm³/mol. The second-order valence-corrected chi connectivity index (χ2v) is 2.67. The molecule has 0 aromatic rings. The number of carbonyl (C=O) groups is 3. The molecule has 10 heteroatoms. The monoisotopic (exact) mass is 438 g/mol. The van der Waals surface area contributed by atoms with Crippen molar-refractivity contribution in [2.24, 2.45) is 0 Å². The van der Waals surface area contributed by atoms with Gasteiger partial charge in [-0.05, 0) is 0 Å². The fourth-order valence-corrected chi connectivity index (χ4v) is 0.773. The number of hydrogen-bond acceptors (Lipinski definition) is 8. The van der Waals surface area contributed by atoms with Crippen molar-refractivity contribution in [2.75, 3.05) is 0 Å². The third kappa shape index (κ3) is 7.47. The van der Waals surface area contributed by atoms with Crippen LogP contribution in [0, 0.1) is 0 Å². The molecule has 1 unspecified atom stereocenters. The molecule has 0 aromatic heterocycles. The van der Waals surface area contributed by atoms with Crippen molar-refractivity contribution in [1.82, 2.24) is 0 Å². The smallest absolute Gasteiger partial charge is 1.00 e. The van der Waals surface area contributed by atoms with Gasteiger partial charge in [0.15, 0.2) is 0 Å². The van der Waals surface area contributed by atoms with Crippen molar-refractivity contribution in [3.63, 3.8) is 0 Å². The van der Waals surface area contributed by atoms with Crippen LogP contribution in [-0.2, 0) is 31.5 Å². The van der Waals surface area contributed by atoms with Crippen molar-refractivity contribution in [1.29, 1.82) is 0 Å². The van der Waals surface area contributed by atoms with E-state index in [0.29, 0.717) is 0 Å². The third-order valence-electron chi connectivity index (χ3n) is 1.35. The van der Waals surface area contributed by atoms with Crippen LogP contribution in [0.5, 0.6) is 0 Å². The van der Waals surface area contributed by atoms with Gasteiger partial charge in [-0.2, -0.15) is 0 Å². The second-order valence-electron chi connectivity index (χ2n) is 2.50. The van der Waals surface area contributed by atoms with Crippen LogP contribution in [-0.4, -0.2) is 54.8 Å². The van der Waals surface area contributed by atoms with Crippen LogP contribution in [0.15, 0.2) is 0 Å². The molecule has 0 aliphatic heterocycles. The molecular weight excluding hydrogens is 432 g/mol. The first kappa shape index (κ1) is 21.5. The van der Waals surface area contributed by atoms with Crippen molar-refractivity contribution >= 4 is 57.0 Å². The van der Waals surface area contributed by atoms with Crippen LogP contribution >= 0.6 is 0 Å². The number of rotatable bonds is 5. The number of carboxylic acid groups (broad SMARTS) is 2. The van der Waals surface area contributed by atoms with E-state index in [4.69, 9.17) is 5.11 Å². The molecule has 0 aliphatic rings. The van der Waals surface area contributed by atoms with E-state index in [2.05, 4.69) is 17.1 Å². The molecule has 0 rings (SSSR count). The minimum Gasteiger partial charge on any atom is -1.00 e. The SMILES string of the molecule is O=C([O-])CC(O)(CC(=O)O[S-])C(=O)[O-].[Bi+3].[H-].[Li+]. The summed E-state index contributed by atoms with van der Waals surface area (Å²) in [6.07, 6.45) is -2.38. The van der Waals surface area contributed by atoms with Crippen LogP contribution in [0.4, 0.5) is 0 Å². The number of carbonyl (C=O) groups excluding carboxylic acids is 3. The summed E-state index contributed by atoms with van der Waals surface area (Å²) in [5.74, 6) is -5.19. The molecule has 7 nitrogen and oxygen atoms in total. The summed E-state index contributed by atoms with van der Waals surface area (Å²) in [6.45, 7) is 0. The zero-order chi connectivity index (χ0) is 11.4. The summed E-state index contributed by atoms with van der Waals surface area (Å²) < 4.78 is 3.66. The number of carboxylic acids is 2. The maximum absolute atomic E-state index is 10.5. The van der Waals surface area contributed by atoms with E-state index in [0.717, 1.165) is 0 Å². The number of hydrogen-bond donors (Lipinski definition) is 1. The predicted octanol–water partition coefficient (Wildman–Crippen LogP) is -7.26. The molecule has 0 aliphatic carbocycles. The molecular formula is C6H6BiLiO7S. The van der Waals surface area contributed by atoms with E-state index in [1.54, 1.807) is 0 Å². The minimum atomic E-state index is -2.85. The largest absolute Gasteiger partial charge is 3.00 e. The van der Waals surface area contributed by atoms with Crippen LogP contribution in [0.1, 0.15) is 14.3 Å². The topological polar surface area (TPSA) is 127 Å². The van der Waals surface area contributed by atoms with E-state index < -0.39 is 36.4 Å². The van der Waals surface area contributed by atoms with E-state index in [1.165, 1.54) is 0 Å². The van der Waals surface area contributed by atoms with Crippen molar-refractivity contribution < 1.29 is 54.2 Å². The summed E-state index contributed by atoms with van der Waals surface area (Å²) in [7, 11) is 0. The summed E-state index contributed by atoms with van der Waals surface area (Å²) >= 11 is 3.81. The Bertz CT molecular complexity index is 279. The van der Waals surface area contributed by atoms with Crippen LogP contribution < -0.4 is 29.1 Å². The van der Waals surface area contributed by atoms with Gasteiger partial charge in [0, 0.05) is 12.4 Å². The summed E-state index contributed by atoms with van der Waals surface area (Å²) in [5.41, 5.74) is -2.85. The van der Waals surface area contributed by atoms with Crippen molar-refractivity contribution in [3.05, 3.63) is 0 Å². The molecule has 16 heavy (non-hydrogen) atoms. The Morgan fingerprint density at radius 2 is 1.75 bits per heavy atom. The fourth-order valence-electron chi connectivity index (χ4n) is 0.714. The molecule has 0 amide bonds. The Balaban J connectivity index is -0.000000282. The van der Waals surface area contributed by atoms with Gasteiger partial charge in [0.25, 0.3) is 5.97 Å². The standard InChI is InChI=1S/C6H8O7S.Bi.Li.H/c7-3(8)1-6(12,5(10)11)2-4(9)13-14;;;/h12,14H,1-2H2,(H,7,8)(H,10,11);;;/q;+3;+1;-1/p-3. The zero-order valence-corrected chi connectivity index (χ0v) is 12.5. The molecule has 2 radical (unpaired) electrons. The average molecular weight is 438 g/mol. The van der Waals surface area contributed by atoms with Gasteiger partial charge in [-0.1, -0.05) is 0 Å². The van der Waals surface area contributed by atoms with Crippen molar-refractivity contribution in [2.45, 2.75) is 18.4 Å². The molecule has 0 saturated carbocycles. The number of aliphatic hydroxyl groups is 1. The first-order valence-corrected chi connectivity index (χ1v) is 3.61. The van der Waals surface area contributed by atoms with Gasteiger partial charge in [-0.25, -0.2) is 0 Å². The molecule has 1 N–H and O–H groups in total. The van der Waals surface area contributed by atoms with Gasteiger partial charge in [0.05, 0.1) is 12.4 Å². The molecule has 0 heterocycles. The van der Waals surface area contributed by atoms with Gasteiger partial charge in [-0.3, -0.25) is 4.79 Å². The maximum Gasteiger partial charge on any atom is 3.00 e. The van der Waals surface area contributed by atoms with Gasteiger partial charge < -0.3 is 43.4 Å². The zero-order valence-electron chi connectivity index (χ0n) is 9.17. The average Bonchev–Trinajstić information content (AvgIpc) is 2.02. The molecule has 1 atom stereocenters. The van der Waals surface area contributed by atoms with Gasteiger partial charge in [-0.15, -0.1) is 0 Å². The van der Waals surface area contributed by atoms with Crippen LogP contribution in [0.3, 0.4) is 0 Å². The Morgan fingerprint density at radius 1 is 1.31 bits per heavy atom. The van der Waals surface area contributed by atoms with Crippen LogP contribution in [0.25, 0.3) is 0 Å². The van der Waals surface area contributed by atoms with Gasteiger partial charge in [0.2, 0.25) is 0 Å². The van der Waals surface area contributed by atoms with E-state index in [-0.39, 0.29) is 46.5 Å². The number of aliphatic carboxylic acids is 2. The summed E-state index contributed by atoms with van der Waals surface area (Å²) in [6, 6.07) is 0. The third-order valence-corrected chi connectivity index (χ3v) is 1.53. The van der Waals surface area contributed by atoms with E-state index >= 15 is 0 Å². The van der Waals surface area contributed by atoms with E-state index in [9.17, 15) is 24.6 Å². The van der Waals surface area contributed by atoms with Gasteiger partial charge in [0.1, 0.15) is 5.60 Å². The molecule has 0 bridgehead atoms. The second kappa shape index (κ2) is 9.25. The first-order chi connectivity index (χ1) is 6.31. The van der Waals surface area contributed by atoms with Crippen LogP contribution in [0.2, 0.25) is 0 Å². The van der Waals surface area contributed by atoms with Crippen molar-refractivity contribution in [3.8, 4) is 0 Å². The molecule has 0 fully saturated rings.